The Morgan fingerprint density at radius 2 is 1.59 bits per heavy atom. The van der Waals surface area contributed by atoms with E-state index in [1.807, 2.05) is 0 Å². The van der Waals surface area contributed by atoms with Gasteiger partial charge in [-0.2, -0.15) is 0 Å². The molecule has 138 valence electrons. The molecule has 0 aliphatic rings. The summed E-state index contributed by atoms with van der Waals surface area (Å²) in [7, 11) is -3.70. The van der Waals surface area contributed by atoms with Crippen LogP contribution in [0.2, 0.25) is 0 Å². The van der Waals surface area contributed by atoms with Gasteiger partial charge in [-0.1, -0.05) is 18.2 Å². The van der Waals surface area contributed by atoms with Crippen molar-refractivity contribution in [2.45, 2.75) is 4.90 Å². The number of nitrogens with one attached hydrogen (secondary N) is 3. The number of hydrogen-bond donors (Lipinski definition) is 3. The van der Waals surface area contributed by atoms with Crippen molar-refractivity contribution in [1.29, 1.82) is 0 Å². The summed E-state index contributed by atoms with van der Waals surface area (Å²) in [4.78, 5) is 11.9. The largest absolute Gasteiger partial charge is 0.459 e. The first-order valence-electron chi connectivity index (χ1n) is 7.78. The fourth-order valence-corrected chi connectivity index (χ4v) is 3.44. The Labute approximate surface area is 161 Å². The Bertz CT molecular complexity index is 1030. The Balaban J connectivity index is 1.63. The summed E-state index contributed by atoms with van der Waals surface area (Å²) in [6.07, 6.45) is 1.38. The fourth-order valence-electron chi connectivity index (χ4n) is 2.17. The minimum Gasteiger partial charge on any atom is -0.459 e. The fraction of sp³-hybridized carbons (Fsp3) is 0. The van der Waals surface area contributed by atoms with E-state index >= 15 is 0 Å². The summed E-state index contributed by atoms with van der Waals surface area (Å²) in [5, 5.41) is 5.34. The van der Waals surface area contributed by atoms with Crippen LogP contribution >= 0.6 is 12.2 Å². The Kier molecular flexibility index (Phi) is 5.53. The number of furan rings is 1. The minimum absolute atomic E-state index is 0.0643. The summed E-state index contributed by atoms with van der Waals surface area (Å²) in [5.74, 6) is -0.351. The van der Waals surface area contributed by atoms with Crippen molar-refractivity contribution in [2.24, 2.45) is 0 Å². The van der Waals surface area contributed by atoms with Gasteiger partial charge in [-0.3, -0.25) is 14.8 Å². The van der Waals surface area contributed by atoms with Crippen molar-refractivity contribution in [3.05, 3.63) is 78.8 Å². The molecule has 0 bridgehead atoms. The number of rotatable bonds is 5. The molecule has 0 saturated carbocycles. The van der Waals surface area contributed by atoms with E-state index in [4.69, 9.17) is 16.6 Å². The molecule has 3 rings (SSSR count). The lowest BCUT2D eigenvalue weighted by Crippen LogP contribution is -2.33. The maximum absolute atomic E-state index is 12.4. The van der Waals surface area contributed by atoms with Crippen LogP contribution in [-0.4, -0.2) is 19.4 Å². The summed E-state index contributed by atoms with van der Waals surface area (Å²) in [6.45, 7) is 0. The van der Waals surface area contributed by atoms with Crippen molar-refractivity contribution >= 4 is 44.6 Å². The molecule has 0 saturated heterocycles. The molecule has 1 aromatic heterocycles. The van der Waals surface area contributed by atoms with Crippen LogP contribution in [0.15, 0.2) is 82.3 Å². The molecule has 1 heterocycles. The zero-order valence-corrected chi connectivity index (χ0v) is 15.5. The number of thiocarbonyl (C=S) groups is 1. The lowest BCUT2D eigenvalue weighted by atomic mass is 10.3. The van der Waals surface area contributed by atoms with E-state index in [1.165, 1.54) is 24.5 Å². The Morgan fingerprint density at radius 1 is 0.889 bits per heavy atom. The second-order valence-corrected chi connectivity index (χ2v) is 7.47. The number of amides is 1. The standard InChI is InChI=1S/C18H15N3O4S2/c22-17(16-7-4-12-25-16)20-18(26)19-13-8-10-15(11-9-13)27(23,24)21-14-5-2-1-3-6-14/h1-12,21H,(H2,19,20,22,26). The number of hydrogen-bond acceptors (Lipinski definition) is 5. The third kappa shape index (κ3) is 4.93. The molecule has 0 radical (unpaired) electrons. The smallest absolute Gasteiger partial charge is 0.293 e. The molecule has 0 atom stereocenters. The molecule has 0 spiro atoms. The molecule has 0 aliphatic heterocycles. The third-order valence-corrected chi connectivity index (χ3v) is 5.02. The first-order chi connectivity index (χ1) is 12.9. The lowest BCUT2D eigenvalue weighted by Gasteiger charge is -2.11. The van der Waals surface area contributed by atoms with E-state index in [2.05, 4.69) is 15.4 Å². The highest BCUT2D eigenvalue weighted by Crippen LogP contribution is 2.18. The van der Waals surface area contributed by atoms with Gasteiger partial charge in [0, 0.05) is 11.4 Å². The van der Waals surface area contributed by atoms with Gasteiger partial charge in [0.1, 0.15) is 0 Å². The topological polar surface area (TPSA) is 100 Å². The van der Waals surface area contributed by atoms with Crippen LogP contribution in [0.1, 0.15) is 10.6 Å². The van der Waals surface area contributed by atoms with E-state index in [-0.39, 0.29) is 15.8 Å². The van der Waals surface area contributed by atoms with Crippen LogP contribution in [-0.2, 0) is 10.0 Å². The molecule has 3 aromatic rings. The normalized spacial score (nSPS) is 10.8. The molecule has 7 nitrogen and oxygen atoms in total. The molecule has 27 heavy (non-hydrogen) atoms. The SMILES string of the molecule is O=C(NC(=S)Nc1ccc(S(=O)(=O)Nc2ccccc2)cc1)c1ccco1. The second-order valence-electron chi connectivity index (χ2n) is 5.38. The highest BCUT2D eigenvalue weighted by Gasteiger charge is 2.14. The average Bonchev–Trinajstić information content (AvgIpc) is 3.17. The Hall–Kier alpha value is -3.17. The number of anilines is 2. The maximum atomic E-state index is 12.4. The maximum Gasteiger partial charge on any atom is 0.293 e. The third-order valence-electron chi connectivity index (χ3n) is 3.42. The minimum atomic E-state index is -3.70. The predicted octanol–water partition coefficient (Wildman–Crippen LogP) is 3.21. The van der Waals surface area contributed by atoms with Gasteiger partial charge in [0.15, 0.2) is 10.9 Å². The van der Waals surface area contributed by atoms with Crippen molar-refractivity contribution in [3.8, 4) is 0 Å². The summed E-state index contributed by atoms with van der Waals surface area (Å²) >= 11 is 5.06. The van der Waals surface area contributed by atoms with Crippen molar-refractivity contribution in [3.63, 3.8) is 0 Å². The molecule has 2 aromatic carbocycles. The van der Waals surface area contributed by atoms with Gasteiger partial charge >= 0.3 is 0 Å². The van der Waals surface area contributed by atoms with Gasteiger partial charge in [0.25, 0.3) is 15.9 Å². The molecule has 0 aliphatic carbocycles. The number of benzene rings is 2. The van der Waals surface area contributed by atoms with Crippen LogP contribution in [0.3, 0.4) is 0 Å². The first kappa shape index (κ1) is 18.6. The van der Waals surface area contributed by atoms with Crippen molar-refractivity contribution in [2.75, 3.05) is 10.0 Å². The molecule has 0 fully saturated rings. The van der Waals surface area contributed by atoms with Crippen LogP contribution in [0, 0.1) is 0 Å². The van der Waals surface area contributed by atoms with E-state index in [0.717, 1.165) is 0 Å². The van der Waals surface area contributed by atoms with Gasteiger partial charge in [-0.25, -0.2) is 8.42 Å². The van der Waals surface area contributed by atoms with Gasteiger partial charge in [0.2, 0.25) is 0 Å². The summed E-state index contributed by atoms with van der Waals surface area (Å²) in [6, 6.07) is 17.7. The molecule has 1 amide bonds. The zero-order chi connectivity index (χ0) is 19.3. The van der Waals surface area contributed by atoms with E-state index in [9.17, 15) is 13.2 Å². The van der Waals surface area contributed by atoms with E-state index in [1.54, 1.807) is 48.5 Å². The predicted molar refractivity (Wildman–Crippen MR) is 106 cm³/mol. The highest BCUT2D eigenvalue weighted by atomic mass is 32.2. The van der Waals surface area contributed by atoms with E-state index < -0.39 is 15.9 Å². The highest BCUT2D eigenvalue weighted by molar-refractivity contribution is 7.92. The van der Waals surface area contributed by atoms with E-state index in [0.29, 0.717) is 11.4 Å². The van der Waals surface area contributed by atoms with Gasteiger partial charge in [-0.15, -0.1) is 0 Å². The van der Waals surface area contributed by atoms with Crippen LogP contribution in [0.25, 0.3) is 0 Å². The van der Waals surface area contributed by atoms with Crippen molar-refractivity contribution < 1.29 is 17.6 Å². The summed E-state index contributed by atoms with van der Waals surface area (Å²) in [5.41, 5.74) is 1.000. The first-order valence-corrected chi connectivity index (χ1v) is 9.67. The van der Waals surface area contributed by atoms with Gasteiger partial charge in [0.05, 0.1) is 11.2 Å². The van der Waals surface area contributed by atoms with Crippen molar-refractivity contribution in [1.82, 2.24) is 5.32 Å². The van der Waals surface area contributed by atoms with Gasteiger partial charge in [-0.05, 0) is 60.7 Å². The number of para-hydroxylation sites is 1. The Morgan fingerprint density at radius 3 is 2.22 bits per heavy atom. The second kappa shape index (κ2) is 8.02. The molecular formula is C18H15N3O4S2. The zero-order valence-electron chi connectivity index (χ0n) is 13.9. The van der Waals surface area contributed by atoms with Crippen LogP contribution in [0.5, 0.6) is 0 Å². The van der Waals surface area contributed by atoms with Crippen LogP contribution < -0.4 is 15.4 Å². The quantitative estimate of drug-likeness (QED) is 0.568. The van der Waals surface area contributed by atoms with Gasteiger partial charge < -0.3 is 9.73 Å². The molecule has 0 unspecified atom stereocenters. The number of carbonyl (C=O) groups is 1. The van der Waals surface area contributed by atoms with Crippen LogP contribution in [0.4, 0.5) is 11.4 Å². The molecular weight excluding hydrogens is 386 g/mol. The lowest BCUT2D eigenvalue weighted by molar-refractivity contribution is 0.0950. The molecule has 3 N–H and O–H groups in total. The summed E-state index contributed by atoms with van der Waals surface area (Å²) < 4.78 is 32.2. The number of carbonyl (C=O) groups excluding carboxylic acids is 1. The number of sulfonamides is 1. The monoisotopic (exact) mass is 401 g/mol. The average molecular weight is 401 g/mol. The molecule has 9 heteroatoms.